The van der Waals surface area contributed by atoms with Gasteiger partial charge in [0.25, 0.3) is 0 Å². The van der Waals surface area contributed by atoms with E-state index >= 15 is 0 Å². The van der Waals surface area contributed by atoms with Gasteiger partial charge in [0.2, 0.25) is 0 Å². The van der Waals surface area contributed by atoms with Gasteiger partial charge in [0.05, 0.1) is 13.2 Å². The molecule has 5 rings (SSSR count). The summed E-state index contributed by atoms with van der Waals surface area (Å²) in [5.74, 6) is 2.10. The summed E-state index contributed by atoms with van der Waals surface area (Å²) in [6.07, 6.45) is 3.22. The fourth-order valence-corrected chi connectivity index (χ4v) is 4.96. The molecule has 3 aromatic rings. The van der Waals surface area contributed by atoms with Crippen LogP contribution in [0.15, 0.2) is 24.3 Å². The second-order valence-corrected chi connectivity index (χ2v) is 8.49. The molecule has 0 saturated carbocycles. The third-order valence-electron chi connectivity index (χ3n) is 6.71. The average Bonchev–Trinajstić information content (AvgIpc) is 2.69. The molecule has 3 aromatic carbocycles. The monoisotopic (exact) mass is 388 g/mol. The Labute approximate surface area is 174 Å². The molecule has 29 heavy (non-hydrogen) atoms. The van der Waals surface area contributed by atoms with Gasteiger partial charge in [-0.2, -0.15) is 0 Å². The van der Waals surface area contributed by atoms with Crippen LogP contribution < -0.4 is 9.47 Å². The van der Waals surface area contributed by atoms with Gasteiger partial charge in [0, 0.05) is 0 Å². The van der Waals surface area contributed by atoms with Gasteiger partial charge in [-0.3, -0.25) is 0 Å². The van der Waals surface area contributed by atoms with Crippen LogP contribution >= 0.6 is 0 Å². The molecule has 0 aliphatic carbocycles. The number of benzene rings is 2. The lowest BCUT2D eigenvalue weighted by atomic mass is 9.92. The van der Waals surface area contributed by atoms with E-state index < -0.39 is 0 Å². The number of rotatable bonds is 0. The Hall–Kier alpha value is -2.48. The van der Waals surface area contributed by atoms with Crippen LogP contribution in [0.5, 0.6) is 11.5 Å². The third kappa shape index (κ3) is 3.29. The highest BCUT2D eigenvalue weighted by Gasteiger charge is 2.15. The molecule has 2 heteroatoms. The van der Waals surface area contributed by atoms with Gasteiger partial charge in [-0.1, -0.05) is 24.3 Å². The van der Waals surface area contributed by atoms with E-state index in [0.29, 0.717) is 0 Å². The Bertz CT molecular complexity index is 973. The lowest BCUT2D eigenvalue weighted by Gasteiger charge is -2.18. The molecule has 0 radical (unpaired) electrons. The average molecular weight is 389 g/mol. The maximum Gasteiger partial charge on any atom is 0.126 e. The molecule has 0 spiro atoms. The minimum atomic E-state index is 0.756. The smallest absolute Gasteiger partial charge is 0.126 e. The highest BCUT2D eigenvalue weighted by Crippen LogP contribution is 2.38. The van der Waals surface area contributed by atoms with E-state index in [1.54, 1.807) is 0 Å². The Kier molecular flexibility index (Phi) is 5.29. The largest absolute Gasteiger partial charge is 0.493 e. The van der Waals surface area contributed by atoms with Crippen molar-refractivity contribution >= 4 is 21.5 Å². The molecule has 0 amide bonds. The summed E-state index contributed by atoms with van der Waals surface area (Å²) in [4.78, 5) is 0. The van der Waals surface area contributed by atoms with Gasteiger partial charge in [0.1, 0.15) is 11.5 Å². The Morgan fingerprint density at radius 3 is 1.07 bits per heavy atom. The van der Waals surface area contributed by atoms with Crippen LogP contribution in [-0.2, 0) is 0 Å². The topological polar surface area (TPSA) is 18.5 Å². The fraction of sp³-hybridized carbons (Fsp3) is 0.407. The summed E-state index contributed by atoms with van der Waals surface area (Å²) < 4.78 is 12.7. The molecule has 0 N–H and O–H groups in total. The summed E-state index contributed by atoms with van der Waals surface area (Å²) >= 11 is 0. The number of fused-ring (bicyclic) bond motifs is 8. The molecule has 152 valence electrons. The van der Waals surface area contributed by atoms with E-state index in [1.165, 1.54) is 54.9 Å². The van der Waals surface area contributed by atoms with Gasteiger partial charge in [-0.05, 0) is 116 Å². The highest BCUT2D eigenvalue weighted by atomic mass is 16.5. The predicted molar refractivity (Wildman–Crippen MR) is 124 cm³/mol. The molecule has 0 unspecified atom stereocenters. The zero-order valence-corrected chi connectivity index (χ0v) is 18.7. The molecule has 2 nitrogen and oxygen atoms in total. The van der Waals surface area contributed by atoms with E-state index in [-0.39, 0.29) is 0 Å². The predicted octanol–water partition coefficient (Wildman–Crippen LogP) is 7.35. The second kappa shape index (κ2) is 7.74. The lowest BCUT2D eigenvalue weighted by Crippen LogP contribution is -2.04. The Balaban J connectivity index is 2.22. The third-order valence-corrected chi connectivity index (χ3v) is 6.71. The molecule has 6 bridgehead atoms. The van der Waals surface area contributed by atoms with Crippen LogP contribution in [0.3, 0.4) is 0 Å². The summed E-state index contributed by atoms with van der Waals surface area (Å²) in [5.41, 5.74) is 7.59. The van der Waals surface area contributed by atoms with Crippen molar-refractivity contribution in [3.8, 4) is 11.5 Å². The number of ether oxygens (including phenoxy) is 2. The summed E-state index contributed by atoms with van der Waals surface area (Å²) in [6, 6.07) is 9.10. The maximum atomic E-state index is 6.33. The quantitative estimate of drug-likeness (QED) is 0.401. The van der Waals surface area contributed by atoms with Crippen LogP contribution in [0.4, 0.5) is 0 Å². The van der Waals surface area contributed by atoms with E-state index in [2.05, 4.69) is 65.8 Å². The van der Waals surface area contributed by atoms with Crippen molar-refractivity contribution in [2.45, 2.75) is 60.8 Å². The maximum absolute atomic E-state index is 6.33. The van der Waals surface area contributed by atoms with Crippen molar-refractivity contribution in [1.82, 2.24) is 0 Å². The minimum absolute atomic E-state index is 0.756. The van der Waals surface area contributed by atoms with E-state index in [9.17, 15) is 0 Å². The van der Waals surface area contributed by atoms with Crippen LogP contribution in [-0.4, -0.2) is 13.2 Å². The molecular weight excluding hydrogens is 356 g/mol. The van der Waals surface area contributed by atoms with E-state index in [0.717, 1.165) is 44.0 Å². The molecule has 0 fully saturated rings. The summed E-state index contributed by atoms with van der Waals surface area (Å²) in [7, 11) is 0. The van der Waals surface area contributed by atoms with Crippen LogP contribution in [0.2, 0.25) is 0 Å². The first-order chi connectivity index (χ1) is 13.9. The highest BCUT2D eigenvalue weighted by molar-refractivity contribution is 5.89. The second-order valence-electron chi connectivity index (χ2n) is 8.49. The van der Waals surface area contributed by atoms with Gasteiger partial charge < -0.3 is 9.47 Å². The number of hydrogen-bond acceptors (Lipinski definition) is 2. The molecule has 2 heterocycles. The van der Waals surface area contributed by atoms with Crippen molar-refractivity contribution in [3.05, 3.63) is 57.6 Å². The van der Waals surface area contributed by atoms with Gasteiger partial charge in [-0.25, -0.2) is 0 Å². The molecule has 0 saturated heterocycles. The van der Waals surface area contributed by atoms with Crippen molar-refractivity contribution in [2.24, 2.45) is 0 Å². The fourth-order valence-electron chi connectivity index (χ4n) is 4.96. The molecular formula is C27H32O2. The van der Waals surface area contributed by atoms with Crippen LogP contribution in [0, 0.1) is 41.5 Å². The molecule has 0 atom stereocenters. The summed E-state index contributed by atoms with van der Waals surface area (Å²) in [5, 5.41) is 5.08. The SMILES string of the molecule is Cc1c2c(C)c3ccc4c(C)c(c(C)c(ccc1c3C)c4C)OCCCCCO2. The zero-order chi connectivity index (χ0) is 20.7. The Morgan fingerprint density at radius 2 is 0.759 bits per heavy atom. The van der Waals surface area contributed by atoms with Gasteiger partial charge in [0.15, 0.2) is 0 Å². The van der Waals surface area contributed by atoms with Crippen molar-refractivity contribution in [2.75, 3.05) is 13.2 Å². The van der Waals surface area contributed by atoms with E-state index in [4.69, 9.17) is 9.47 Å². The van der Waals surface area contributed by atoms with Crippen LogP contribution in [0.25, 0.3) is 21.5 Å². The van der Waals surface area contributed by atoms with Crippen molar-refractivity contribution in [1.29, 1.82) is 0 Å². The first kappa shape index (κ1) is 19.8. The molecule has 0 aromatic heterocycles. The lowest BCUT2D eigenvalue weighted by molar-refractivity contribution is 0.276. The standard InChI is InChI=1S/C27H32O2/c1-16-22-10-12-24-17(2)25-13-11-23(16)19(4)26(18(22)3)28-14-8-7-9-15-29-27(20(24)5)21(25)6/h10-13H,7-9,14-15H2,1-6H3. The normalized spacial score (nSPS) is 14.4. The van der Waals surface area contributed by atoms with E-state index in [1.807, 2.05) is 0 Å². The minimum Gasteiger partial charge on any atom is -0.493 e. The van der Waals surface area contributed by atoms with Crippen molar-refractivity contribution in [3.63, 3.8) is 0 Å². The first-order valence-corrected chi connectivity index (χ1v) is 10.8. The van der Waals surface area contributed by atoms with Gasteiger partial charge in [-0.15, -0.1) is 0 Å². The summed E-state index contributed by atoms with van der Waals surface area (Å²) in [6.45, 7) is 14.8. The Morgan fingerprint density at radius 1 is 0.448 bits per heavy atom. The number of hydrogen-bond donors (Lipinski definition) is 0. The first-order valence-electron chi connectivity index (χ1n) is 10.8. The zero-order valence-electron chi connectivity index (χ0n) is 18.7. The molecule has 2 aliphatic rings. The van der Waals surface area contributed by atoms with Gasteiger partial charge >= 0.3 is 0 Å². The van der Waals surface area contributed by atoms with Crippen LogP contribution in [0.1, 0.15) is 52.6 Å². The molecule has 2 aliphatic heterocycles. The van der Waals surface area contributed by atoms with Crippen molar-refractivity contribution < 1.29 is 9.47 Å². The number of aryl methyl sites for hydroxylation is 6.